The van der Waals surface area contributed by atoms with Crippen molar-refractivity contribution >= 4 is 28.4 Å². The number of hydrogen-bond acceptors (Lipinski definition) is 9. The first-order valence-electron chi connectivity index (χ1n) is 12.0. The van der Waals surface area contributed by atoms with E-state index in [4.69, 9.17) is 9.84 Å². The van der Waals surface area contributed by atoms with Gasteiger partial charge in [-0.3, -0.25) is 9.67 Å². The lowest BCUT2D eigenvalue weighted by Gasteiger charge is -2.34. The molecular formula is C25H26N10O2. The fraction of sp³-hybridized carbons (Fsp3) is 0.360. The monoisotopic (exact) mass is 498 g/mol. The number of aliphatic hydroxyl groups excluding tert-OH is 1. The second kappa shape index (κ2) is 8.28. The summed E-state index contributed by atoms with van der Waals surface area (Å²) in [5, 5.41) is 32.2. The molecule has 5 aromatic rings. The molecule has 12 nitrogen and oxygen atoms in total. The molecule has 0 aliphatic heterocycles. The molecule has 0 bridgehead atoms. The average Bonchev–Trinajstić information content (AvgIpc) is 3.54. The molecule has 0 aromatic carbocycles. The quantitative estimate of drug-likeness (QED) is 0.371. The van der Waals surface area contributed by atoms with Crippen molar-refractivity contribution in [1.29, 1.82) is 5.26 Å². The Morgan fingerprint density at radius 2 is 2.00 bits per heavy atom. The molecule has 0 unspecified atom stereocenters. The summed E-state index contributed by atoms with van der Waals surface area (Å²) in [5.74, 6) is 1.90. The minimum Gasteiger partial charge on any atom is -0.450 e. The molecule has 1 aliphatic rings. The fourth-order valence-electron chi connectivity index (χ4n) is 4.63. The maximum absolute atomic E-state index is 10.0. The number of nitrogens with zero attached hydrogens (tertiary/aromatic N) is 9. The predicted molar refractivity (Wildman–Crippen MR) is 135 cm³/mol. The zero-order chi connectivity index (χ0) is 25.9. The molecule has 5 heterocycles. The number of hydrogen-bond donors (Lipinski definition) is 2. The van der Waals surface area contributed by atoms with E-state index in [9.17, 15) is 10.4 Å². The number of fused-ring (bicyclic) bond motifs is 2. The highest BCUT2D eigenvalue weighted by Crippen LogP contribution is 2.38. The molecule has 1 fully saturated rings. The van der Waals surface area contributed by atoms with Gasteiger partial charge in [-0.1, -0.05) is 20.8 Å². The van der Waals surface area contributed by atoms with Gasteiger partial charge in [0.1, 0.15) is 22.7 Å². The highest BCUT2D eigenvalue weighted by molar-refractivity contribution is 5.84. The van der Waals surface area contributed by atoms with Crippen molar-refractivity contribution in [1.82, 2.24) is 38.9 Å². The molecule has 0 amide bonds. The van der Waals surface area contributed by atoms with Gasteiger partial charge < -0.3 is 19.7 Å². The van der Waals surface area contributed by atoms with Crippen LogP contribution >= 0.6 is 0 Å². The van der Waals surface area contributed by atoms with Crippen molar-refractivity contribution in [3.05, 3.63) is 48.3 Å². The number of nitrogens with one attached hydrogen (secondary N) is 1. The van der Waals surface area contributed by atoms with Crippen LogP contribution in [0.2, 0.25) is 0 Å². The number of anilines is 2. The molecule has 6 rings (SSSR count). The number of rotatable bonds is 5. The first kappa shape index (κ1) is 22.9. The van der Waals surface area contributed by atoms with E-state index in [0.717, 1.165) is 5.69 Å². The third-order valence-electron chi connectivity index (χ3n) is 6.66. The van der Waals surface area contributed by atoms with Crippen LogP contribution in [0.3, 0.4) is 0 Å². The summed E-state index contributed by atoms with van der Waals surface area (Å²) in [6.45, 7) is 6.41. The minimum absolute atomic E-state index is 0.130. The van der Waals surface area contributed by atoms with Gasteiger partial charge >= 0.3 is 0 Å². The largest absolute Gasteiger partial charge is 0.450 e. The molecule has 1 aliphatic carbocycles. The van der Waals surface area contributed by atoms with Crippen LogP contribution in [0.15, 0.2) is 37.1 Å². The number of aliphatic hydroxyl groups is 1. The van der Waals surface area contributed by atoms with Gasteiger partial charge in [0.25, 0.3) is 0 Å². The SMILES string of the molecule is Cn1c(Nc2cc(C(C)(C)C)n([C@H]3C[C@@H](O)C3)n2)nc2ncc(Oc3cnn4ccncc34)c(C#N)c21. The number of pyridine rings is 1. The van der Waals surface area contributed by atoms with Crippen molar-refractivity contribution in [3.63, 3.8) is 0 Å². The second-order valence-corrected chi connectivity index (χ2v) is 10.3. The lowest BCUT2D eigenvalue weighted by Crippen LogP contribution is -2.34. The number of aryl methyl sites for hydroxylation is 1. The van der Waals surface area contributed by atoms with Crippen molar-refractivity contribution < 1.29 is 9.84 Å². The summed E-state index contributed by atoms with van der Waals surface area (Å²) in [5.41, 5.74) is 2.86. The van der Waals surface area contributed by atoms with E-state index in [1.165, 1.54) is 6.20 Å². The maximum Gasteiger partial charge on any atom is 0.210 e. The summed E-state index contributed by atoms with van der Waals surface area (Å²) >= 11 is 0. The molecule has 0 spiro atoms. The summed E-state index contributed by atoms with van der Waals surface area (Å²) < 4.78 is 11.5. The van der Waals surface area contributed by atoms with Crippen LogP contribution in [-0.4, -0.2) is 50.1 Å². The van der Waals surface area contributed by atoms with Crippen LogP contribution in [0, 0.1) is 11.3 Å². The van der Waals surface area contributed by atoms with Crippen LogP contribution in [-0.2, 0) is 12.5 Å². The topological polar surface area (TPSA) is 144 Å². The molecule has 12 heteroatoms. The maximum atomic E-state index is 10.0. The Morgan fingerprint density at radius 3 is 2.73 bits per heavy atom. The van der Waals surface area contributed by atoms with Crippen LogP contribution in [0.1, 0.15) is 50.9 Å². The van der Waals surface area contributed by atoms with Crippen LogP contribution in [0.4, 0.5) is 11.8 Å². The average molecular weight is 499 g/mol. The van der Waals surface area contributed by atoms with Crippen LogP contribution in [0.5, 0.6) is 11.5 Å². The summed E-state index contributed by atoms with van der Waals surface area (Å²) in [6, 6.07) is 4.42. The number of aromatic nitrogens is 8. The van der Waals surface area contributed by atoms with Gasteiger partial charge in [-0.05, 0) is 12.8 Å². The smallest absolute Gasteiger partial charge is 0.210 e. The van der Waals surface area contributed by atoms with E-state index in [1.54, 1.807) is 33.9 Å². The molecule has 2 N–H and O–H groups in total. The van der Waals surface area contributed by atoms with Gasteiger partial charge in [0.2, 0.25) is 5.95 Å². The Hall–Kier alpha value is -4.50. The Bertz CT molecular complexity index is 1680. The Kier molecular flexibility index (Phi) is 5.13. The van der Waals surface area contributed by atoms with Crippen LogP contribution in [0.25, 0.3) is 16.7 Å². The number of imidazole rings is 1. The minimum atomic E-state index is -0.276. The van der Waals surface area contributed by atoms with Crippen LogP contribution < -0.4 is 10.1 Å². The van der Waals surface area contributed by atoms with Gasteiger partial charge in [-0.15, -0.1) is 0 Å². The summed E-state index contributed by atoms with van der Waals surface area (Å²) in [6.07, 6.45) is 9.16. The van der Waals surface area contributed by atoms with E-state index in [2.05, 4.69) is 52.2 Å². The molecule has 5 aromatic heterocycles. The van der Waals surface area contributed by atoms with E-state index in [1.807, 2.05) is 17.8 Å². The summed E-state index contributed by atoms with van der Waals surface area (Å²) in [4.78, 5) is 13.2. The molecule has 0 atom stereocenters. The molecule has 37 heavy (non-hydrogen) atoms. The van der Waals surface area contributed by atoms with E-state index >= 15 is 0 Å². The normalized spacial score (nSPS) is 17.6. The van der Waals surface area contributed by atoms with Crippen molar-refractivity contribution in [2.75, 3.05) is 5.32 Å². The third-order valence-corrected chi connectivity index (χ3v) is 6.66. The Balaban J connectivity index is 1.36. The second-order valence-electron chi connectivity index (χ2n) is 10.3. The lowest BCUT2D eigenvalue weighted by atomic mass is 9.87. The van der Waals surface area contributed by atoms with Crippen molar-refractivity contribution in [2.45, 2.75) is 51.2 Å². The van der Waals surface area contributed by atoms with Gasteiger partial charge in [-0.25, -0.2) is 9.50 Å². The zero-order valence-corrected chi connectivity index (χ0v) is 20.9. The predicted octanol–water partition coefficient (Wildman–Crippen LogP) is 3.61. The van der Waals surface area contributed by atoms with Gasteiger partial charge in [0.05, 0.1) is 30.7 Å². The number of ether oxygens (including phenoxy) is 1. The Morgan fingerprint density at radius 1 is 1.19 bits per heavy atom. The lowest BCUT2D eigenvalue weighted by molar-refractivity contribution is 0.0411. The molecular weight excluding hydrogens is 472 g/mol. The van der Waals surface area contributed by atoms with Gasteiger partial charge in [0.15, 0.2) is 23.0 Å². The van der Waals surface area contributed by atoms with E-state index in [-0.39, 0.29) is 17.6 Å². The molecule has 1 saturated carbocycles. The van der Waals surface area contributed by atoms with E-state index in [0.29, 0.717) is 58.4 Å². The van der Waals surface area contributed by atoms with Gasteiger partial charge in [0, 0.05) is 36.6 Å². The third kappa shape index (κ3) is 3.84. The first-order valence-corrected chi connectivity index (χ1v) is 12.0. The molecule has 0 radical (unpaired) electrons. The van der Waals surface area contributed by atoms with Crippen molar-refractivity contribution in [2.24, 2.45) is 7.05 Å². The highest BCUT2D eigenvalue weighted by Gasteiger charge is 2.34. The molecule has 188 valence electrons. The standard InChI is InChI=1S/C25H26N10O2/c1-25(2,3)20-9-21(32-35(20)14-7-15(36)8-14)30-24-31-23-22(33(24)4)16(10-26)18(12-28-23)37-19-13-29-34-6-5-27-11-17(19)34/h5-6,9,11-15,36H,7-8H2,1-4H3,(H,28,30,31,32)/t14-,15+. The fourth-order valence-corrected chi connectivity index (χ4v) is 4.63. The zero-order valence-electron chi connectivity index (χ0n) is 20.9. The molecule has 0 saturated heterocycles. The van der Waals surface area contributed by atoms with Gasteiger partial charge in [-0.2, -0.15) is 20.4 Å². The Labute approximate surface area is 212 Å². The van der Waals surface area contributed by atoms with E-state index < -0.39 is 0 Å². The highest BCUT2D eigenvalue weighted by atomic mass is 16.5. The number of nitriles is 1. The van der Waals surface area contributed by atoms with Crippen molar-refractivity contribution in [3.8, 4) is 17.6 Å². The first-order chi connectivity index (χ1) is 17.7. The summed E-state index contributed by atoms with van der Waals surface area (Å²) in [7, 11) is 1.81.